The maximum Gasteiger partial charge on any atom is 0.325 e. The van der Waals surface area contributed by atoms with Gasteiger partial charge in [-0.2, -0.15) is 0 Å². The average Bonchev–Trinajstić information content (AvgIpc) is 2.90. The maximum atomic E-state index is 11.5. The lowest BCUT2D eigenvalue weighted by molar-refractivity contribution is -0.141. The van der Waals surface area contributed by atoms with E-state index in [2.05, 4.69) is 10.6 Å². The zero-order valence-electron chi connectivity index (χ0n) is 11.1. The van der Waals surface area contributed by atoms with Crippen LogP contribution in [0.4, 0.5) is 4.79 Å². The molecule has 0 aromatic heterocycles. The first kappa shape index (κ1) is 14.0. The van der Waals surface area contributed by atoms with Gasteiger partial charge >= 0.3 is 12.0 Å². The zero-order chi connectivity index (χ0) is 14.4. The Hall–Kier alpha value is -2.44. The summed E-state index contributed by atoms with van der Waals surface area (Å²) in [6.45, 7) is 2.38. The SMILES string of the molecule is CCOC(=O)CNC(=O)NCc1ccc2c(c1)OCO2. The molecular weight excluding hydrogens is 264 g/mol. The standard InChI is InChI=1S/C13H16N2O5/c1-2-18-12(16)7-15-13(17)14-6-9-3-4-10-11(5-9)20-8-19-10/h3-5H,2,6-8H2,1H3,(H2,14,15,17). The summed E-state index contributed by atoms with van der Waals surface area (Å²) in [5.74, 6) is 0.891. The van der Waals surface area contributed by atoms with Gasteiger partial charge in [0.15, 0.2) is 11.5 Å². The van der Waals surface area contributed by atoms with E-state index >= 15 is 0 Å². The molecule has 2 rings (SSSR count). The molecule has 20 heavy (non-hydrogen) atoms. The van der Waals surface area contributed by atoms with Crippen LogP contribution in [0.5, 0.6) is 11.5 Å². The van der Waals surface area contributed by atoms with Gasteiger partial charge in [-0.25, -0.2) is 4.79 Å². The van der Waals surface area contributed by atoms with Crippen molar-refractivity contribution < 1.29 is 23.8 Å². The van der Waals surface area contributed by atoms with Crippen LogP contribution in [-0.4, -0.2) is 31.9 Å². The highest BCUT2D eigenvalue weighted by atomic mass is 16.7. The largest absolute Gasteiger partial charge is 0.465 e. The number of benzene rings is 1. The van der Waals surface area contributed by atoms with E-state index < -0.39 is 12.0 Å². The highest BCUT2D eigenvalue weighted by Gasteiger charge is 2.13. The van der Waals surface area contributed by atoms with Crippen LogP contribution in [0, 0.1) is 0 Å². The Balaban J connectivity index is 1.74. The van der Waals surface area contributed by atoms with Crippen LogP contribution in [0.15, 0.2) is 18.2 Å². The maximum absolute atomic E-state index is 11.5. The van der Waals surface area contributed by atoms with Crippen molar-refractivity contribution in [2.24, 2.45) is 0 Å². The zero-order valence-corrected chi connectivity index (χ0v) is 11.1. The van der Waals surface area contributed by atoms with Gasteiger partial charge in [-0.3, -0.25) is 4.79 Å². The third-order valence-corrected chi connectivity index (χ3v) is 2.59. The number of ether oxygens (including phenoxy) is 3. The Morgan fingerprint density at radius 2 is 2.05 bits per heavy atom. The monoisotopic (exact) mass is 280 g/mol. The molecule has 108 valence electrons. The van der Waals surface area contributed by atoms with E-state index in [1.807, 2.05) is 6.07 Å². The Kier molecular flexibility index (Phi) is 4.65. The van der Waals surface area contributed by atoms with E-state index in [9.17, 15) is 9.59 Å². The molecule has 1 aliphatic heterocycles. The van der Waals surface area contributed by atoms with Crippen LogP contribution >= 0.6 is 0 Å². The van der Waals surface area contributed by atoms with Gasteiger partial charge in [0, 0.05) is 6.54 Å². The fourth-order valence-corrected chi connectivity index (χ4v) is 1.66. The average molecular weight is 280 g/mol. The Bertz CT molecular complexity index is 504. The lowest BCUT2D eigenvalue weighted by Gasteiger charge is -2.07. The van der Waals surface area contributed by atoms with E-state index in [4.69, 9.17) is 14.2 Å². The Morgan fingerprint density at radius 1 is 1.25 bits per heavy atom. The van der Waals surface area contributed by atoms with Crippen LogP contribution in [0.1, 0.15) is 12.5 Å². The van der Waals surface area contributed by atoms with E-state index in [0.717, 1.165) is 5.56 Å². The number of urea groups is 1. The smallest absolute Gasteiger partial charge is 0.325 e. The van der Waals surface area contributed by atoms with E-state index in [-0.39, 0.29) is 13.3 Å². The van der Waals surface area contributed by atoms with Crippen LogP contribution < -0.4 is 20.1 Å². The van der Waals surface area contributed by atoms with Gasteiger partial charge in [-0.15, -0.1) is 0 Å². The molecular formula is C13H16N2O5. The normalized spacial score (nSPS) is 11.8. The molecule has 7 heteroatoms. The third-order valence-electron chi connectivity index (χ3n) is 2.59. The summed E-state index contributed by atoms with van der Waals surface area (Å²) >= 11 is 0. The number of carbonyl (C=O) groups is 2. The summed E-state index contributed by atoms with van der Waals surface area (Å²) in [7, 11) is 0. The molecule has 0 spiro atoms. The third kappa shape index (κ3) is 3.78. The van der Waals surface area contributed by atoms with Crippen molar-refractivity contribution in [3.05, 3.63) is 23.8 Å². The summed E-state index contributed by atoms with van der Waals surface area (Å²) in [4.78, 5) is 22.5. The van der Waals surface area contributed by atoms with Gasteiger partial charge in [0.2, 0.25) is 6.79 Å². The van der Waals surface area contributed by atoms with Crippen molar-refractivity contribution >= 4 is 12.0 Å². The van der Waals surface area contributed by atoms with Gasteiger partial charge in [0.05, 0.1) is 6.61 Å². The fraction of sp³-hybridized carbons (Fsp3) is 0.385. The highest BCUT2D eigenvalue weighted by molar-refractivity contribution is 5.80. The minimum Gasteiger partial charge on any atom is -0.465 e. The van der Waals surface area contributed by atoms with Gasteiger partial charge in [0.1, 0.15) is 6.54 Å². The summed E-state index contributed by atoms with van der Waals surface area (Å²) in [5, 5.41) is 5.04. The van der Waals surface area contributed by atoms with Crippen molar-refractivity contribution in [3.63, 3.8) is 0 Å². The first-order chi connectivity index (χ1) is 9.69. The number of amides is 2. The molecule has 0 fully saturated rings. The minimum atomic E-state index is -0.467. The number of nitrogens with one attached hydrogen (secondary N) is 2. The number of esters is 1. The molecule has 0 saturated carbocycles. The lowest BCUT2D eigenvalue weighted by atomic mass is 10.2. The molecule has 1 aromatic rings. The predicted octanol–water partition coefficient (Wildman–Crippen LogP) is 0.778. The summed E-state index contributed by atoms with van der Waals surface area (Å²) in [5.41, 5.74) is 0.875. The Morgan fingerprint density at radius 3 is 2.85 bits per heavy atom. The summed E-state index contributed by atoms with van der Waals surface area (Å²) in [6, 6.07) is 4.99. The molecule has 0 aliphatic carbocycles. The number of hydrogen-bond donors (Lipinski definition) is 2. The molecule has 0 radical (unpaired) electrons. The Labute approximate surface area is 116 Å². The van der Waals surface area contributed by atoms with Crippen LogP contribution in [0.3, 0.4) is 0 Å². The van der Waals surface area contributed by atoms with Gasteiger partial charge in [-0.1, -0.05) is 6.07 Å². The van der Waals surface area contributed by atoms with Crippen LogP contribution in [-0.2, 0) is 16.1 Å². The summed E-state index contributed by atoms with van der Waals surface area (Å²) < 4.78 is 15.1. The topological polar surface area (TPSA) is 85.9 Å². The van der Waals surface area contributed by atoms with E-state index in [1.54, 1.807) is 19.1 Å². The summed E-state index contributed by atoms with van der Waals surface area (Å²) in [6.07, 6.45) is 0. The van der Waals surface area contributed by atoms with Gasteiger partial charge in [-0.05, 0) is 24.6 Å². The molecule has 2 amide bonds. The van der Waals surface area contributed by atoms with E-state index in [0.29, 0.717) is 24.7 Å². The first-order valence-electron chi connectivity index (χ1n) is 6.25. The number of carbonyl (C=O) groups excluding carboxylic acids is 2. The quantitative estimate of drug-likeness (QED) is 0.778. The molecule has 0 saturated heterocycles. The lowest BCUT2D eigenvalue weighted by Crippen LogP contribution is -2.38. The van der Waals surface area contributed by atoms with Crippen LogP contribution in [0.2, 0.25) is 0 Å². The molecule has 1 heterocycles. The molecule has 2 N–H and O–H groups in total. The second-order valence-electron chi connectivity index (χ2n) is 4.03. The molecule has 1 aliphatic rings. The fourth-order valence-electron chi connectivity index (χ4n) is 1.66. The second kappa shape index (κ2) is 6.65. The predicted molar refractivity (Wildman–Crippen MR) is 69.4 cm³/mol. The molecule has 0 bridgehead atoms. The molecule has 0 unspecified atom stereocenters. The highest BCUT2D eigenvalue weighted by Crippen LogP contribution is 2.32. The number of fused-ring (bicyclic) bond motifs is 1. The van der Waals surface area contributed by atoms with E-state index in [1.165, 1.54) is 0 Å². The number of rotatable bonds is 5. The second-order valence-corrected chi connectivity index (χ2v) is 4.03. The van der Waals surface area contributed by atoms with Crippen molar-refractivity contribution in [1.82, 2.24) is 10.6 Å². The van der Waals surface area contributed by atoms with Crippen LogP contribution in [0.25, 0.3) is 0 Å². The number of hydrogen-bond acceptors (Lipinski definition) is 5. The first-order valence-corrected chi connectivity index (χ1v) is 6.25. The van der Waals surface area contributed by atoms with Crippen molar-refractivity contribution in [2.45, 2.75) is 13.5 Å². The minimum absolute atomic E-state index is 0.152. The van der Waals surface area contributed by atoms with Crippen molar-refractivity contribution in [2.75, 3.05) is 19.9 Å². The molecule has 1 aromatic carbocycles. The molecule has 7 nitrogen and oxygen atoms in total. The van der Waals surface area contributed by atoms with Crippen molar-refractivity contribution in [3.8, 4) is 11.5 Å². The van der Waals surface area contributed by atoms with Gasteiger partial charge < -0.3 is 24.8 Å². The molecule has 0 atom stereocenters. The van der Waals surface area contributed by atoms with Gasteiger partial charge in [0.25, 0.3) is 0 Å². The van der Waals surface area contributed by atoms with Crippen molar-refractivity contribution in [1.29, 1.82) is 0 Å².